The summed E-state index contributed by atoms with van der Waals surface area (Å²) in [5, 5.41) is 5.87. The summed E-state index contributed by atoms with van der Waals surface area (Å²) in [5.74, 6) is 0. The fourth-order valence-corrected chi connectivity index (χ4v) is 3.02. The normalized spacial score (nSPS) is 10.7. The highest BCUT2D eigenvalue weighted by molar-refractivity contribution is 5.96. The van der Waals surface area contributed by atoms with E-state index in [2.05, 4.69) is 71.6 Å². The lowest BCUT2D eigenvalue weighted by atomic mass is 10.1. The molecule has 2 aromatic carbocycles. The van der Waals surface area contributed by atoms with E-state index in [-0.39, 0.29) is 12.4 Å². The maximum Gasteiger partial charge on any atom is 0.0982 e. The highest BCUT2D eigenvalue weighted by Crippen LogP contribution is 2.33. The molecule has 116 valence electrons. The van der Waals surface area contributed by atoms with E-state index in [1.807, 2.05) is 17.7 Å². The number of aromatic nitrogens is 3. The molecule has 2 heterocycles. The number of para-hydroxylation sites is 1. The summed E-state index contributed by atoms with van der Waals surface area (Å²) in [7, 11) is 0. The smallest absolute Gasteiger partial charge is 0.0982 e. The second-order valence-corrected chi connectivity index (χ2v) is 5.60. The molecule has 0 aliphatic heterocycles. The van der Waals surface area contributed by atoms with Gasteiger partial charge in [0.05, 0.1) is 17.1 Å². The predicted molar refractivity (Wildman–Crippen MR) is 97.6 cm³/mol. The van der Waals surface area contributed by atoms with Gasteiger partial charge in [0.25, 0.3) is 0 Å². The summed E-state index contributed by atoms with van der Waals surface area (Å²) in [6.07, 6.45) is 0. The van der Waals surface area contributed by atoms with E-state index < -0.39 is 0 Å². The van der Waals surface area contributed by atoms with Crippen LogP contribution < -0.4 is 0 Å². The summed E-state index contributed by atoms with van der Waals surface area (Å²) in [6.45, 7) is 4.12. The highest BCUT2D eigenvalue weighted by Gasteiger charge is 2.16. The first-order valence-corrected chi connectivity index (χ1v) is 7.44. The third kappa shape index (κ3) is 2.53. The molecule has 2 aromatic heterocycles. The van der Waals surface area contributed by atoms with Gasteiger partial charge in [-0.3, -0.25) is 0 Å². The maximum absolute atomic E-state index is 4.69. The fraction of sp³-hybridized carbons (Fsp3) is 0.105. The first-order valence-electron chi connectivity index (χ1n) is 7.44. The summed E-state index contributed by atoms with van der Waals surface area (Å²) in [4.78, 5) is 3.55. The molecule has 0 bridgehead atoms. The van der Waals surface area contributed by atoms with Gasteiger partial charge in [-0.15, -0.1) is 12.4 Å². The Kier molecular flexibility index (Phi) is 3.97. The number of hydrogen-bond acceptors (Lipinski definition) is 1. The Bertz CT molecular complexity index is 951. The molecule has 1 N–H and O–H groups in total. The molecule has 0 aliphatic carbocycles. The minimum Gasteiger partial charge on any atom is -0.353 e. The van der Waals surface area contributed by atoms with Crippen LogP contribution in [0.1, 0.15) is 11.4 Å². The zero-order chi connectivity index (χ0) is 15.1. The molecule has 0 aliphatic rings. The van der Waals surface area contributed by atoms with Crippen LogP contribution in [0.25, 0.3) is 27.8 Å². The first kappa shape index (κ1) is 15.4. The van der Waals surface area contributed by atoms with Gasteiger partial charge < -0.3 is 4.98 Å². The van der Waals surface area contributed by atoms with Gasteiger partial charge in [0, 0.05) is 22.2 Å². The van der Waals surface area contributed by atoms with E-state index in [1.165, 1.54) is 10.9 Å². The largest absolute Gasteiger partial charge is 0.353 e. The van der Waals surface area contributed by atoms with Gasteiger partial charge in [-0.25, -0.2) is 4.68 Å². The molecular formula is C19H18ClN3. The summed E-state index contributed by atoms with van der Waals surface area (Å²) >= 11 is 0. The third-order valence-corrected chi connectivity index (χ3v) is 3.96. The Morgan fingerprint density at radius 1 is 0.913 bits per heavy atom. The molecule has 0 amide bonds. The monoisotopic (exact) mass is 323 g/mol. The van der Waals surface area contributed by atoms with Crippen molar-refractivity contribution in [3.8, 4) is 16.9 Å². The molecule has 0 fully saturated rings. The van der Waals surface area contributed by atoms with Gasteiger partial charge in [-0.1, -0.05) is 48.5 Å². The van der Waals surface area contributed by atoms with Crippen molar-refractivity contribution in [1.29, 1.82) is 0 Å². The van der Waals surface area contributed by atoms with E-state index >= 15 is 0 Å². The lowest BCUT2D eigenvalue weighted by Gasteiger charge is -2.07. The van der Waals surface area contributed by atoms with Crippen molar-refractivity contribution >= 4 is 23.3 Å². The Labute approximate surface area is 141 Å². The van der Waals surface area contributed by atoms with E-state index in [4.69, 9.17) is 0 Å². The number of halogens is 1. The van der Waals surface area contributed by atoms with Crippen LogP contribution in [0.3, 0.4) is 0 Å². The van der Waals surface area contributed by atoms with Crippen LogP contribution in [-0.2, 0) is 0 Å². The van der Waals surface area contributed by atoms with Crippen molar-refractivity contribution < 1.29 is 0 Å². The van der Waals surface area contributed by atoms with Crippen LogP contribution in [-0.4, -0.2) is 14.8 Å². The number of nitrogens with zero attached hydrogens (tertiary/aromatic N) is 2. The van der Waals surface area contributed by atoms with E-state index in [0.29, 0.717) is 0 Å². The number of benzene rings is 2. The number of aryl methyl sites for hydroxylation is 2. The standard InChI is InChI=1S/C19H17N3.ClH/c1-13-12-14(2)22(21-13)19-16-10-6-7-11-17(16)20-18(19)15-8-4-3-5-9-15;/h3-12,20H,1-2H3;1H. The van der Waals surface area contributed by atoms with Gasteiger partial charge in [0.2, 0.25) is 0 Å². The lowest BCUT2D eigenvalue weighted by molar-refractivity contribution is 0.841. The van der Waals surface area contributed by atoms with Crippen molar-refractivity contribution in [3.63, 3.8) is 0 Å². The zero-order valence-electron chi connectivity index (χ0n) is 13.1. The second-order valence-electron chi connectivity index (χ2n) is 5.60. The topological polar surface area (TPSA) is 33.6 Å². The van der Waals surface area contributed by atoms with Gasteiger partial charge >= 0.3 is 0 Å². The number of hydrogen-bond donors (Lipinski definition) is 1. The molecule has 4 heteroatoms. The summed E-state index contributed by atoms with van der Waals surface area (Å²) in [6, 6.07) is 20.9. The van der Waals surface area contributed by atoms with Crippen molar-refractivity contribution in [2.75, 3.05) is 0 Å². The molecule has 0 saturated carbocycles. The molecule has 0 unspecified atom stereocenters. The van der Waals surface area contributed by atoms with Gasteiger partial charge in [0.1, 0.15) is 0 Å². The Hall–Kier alpha value is -2.52. The fourth-order valence-electron chi connectivity index (χ4n) is 3.02. The Morgan fingerprint density at radius 3 is 2.30 bits per heavy atom. The first-order chi connectivity index (χ1) is 10.7. The molecule has 3 nitrogen and oxygen atoms in total. The lowest BCUT2D eigenvalue weighted by Crippen LogP contribution is -2.00. The Balaban J connectivity index is 0.00000156. The van der Waals surface area contributed by atoms with Crippen LogP contribution in [0.4, 0.5) is 0 Å². The number of rotatable bonds is 2. The summed E-state index contributed by atoms with van der Waals surface area (Å²) < 4.78 is 2.04. The third-order valence-electron chi connectivity index (χ3n) is 3.96. The maximum atomic E-state index is 4.69. The van der Waals surface area contributed by atoms with Crippen LogP contribution >= 0.6 is 12.4 Å². The van der Waals surface area contributed by atoms with Crippen LogP contribution in [0.15, 0.2) is 60.7 Å². The molecule has 0 radical (unpaired) electrons. The second kappa shape index (κ2) is 5.94. The van der Waals surface area contributed by atoms with E-state index in [0.717, 1.165) is 28.3 Å². The minimum absolute atomic E-state index is 0. The van der Waals surface area contributed by atoms with Gasteiger partial charge in [-0.05, 0) is 26.0 Å². The average Bonchev–Trinajstić information content (AvgIpc) is 3.07. The van der Waals surface area contributed by atoms with Gasteiger partial charge in [0.15, 0.2) is 0 Å². The predicted octanol–water partition coefficient (Wildman–Crippen LogP) is 5.06. The van der Waals surface area contributed by atoms with Crippen LogP contribution in [0.2, 0.25) is 0 Å². The van der Waals surface area contributed by atoms with Crippen molar-refractivity contribution in [1.82, 2.24) is 14.8 Å². The average molecular weight is 324 g/mol. The quantitative estimate of drug-likeness (QED) is 0.549. The SMILES string of the molecule is Cc1cc(C)n(-c2c(-c3ccccc3)[nH]c3ccccc23)n1.Cl. The van der Waals surface area contributed by atoms with Gasteiger partial charge in [-0.2, -0.15) is 5.10 Å². The van der Waals surface area contributed by atoms with Crippen LogP contribution in [0, 0.1) is 13.8 Å². The number of nitrogens with one attached hydrogen (secondary N) is 1. The molecular weight excluding hydrogens is 306 g/mol. The number of aromatic amines is 1. The molecule has 4 aromatic rings. The van der Waals surface area contributed by atoms with E-state index in [9.17, 15) is 0 Å². The van der Waals surface area contributed by atoms with E-state index in [1.54, 1.807) is 0 Å². The summed E-state index contributed by atoms with van der Waals surface area (Å²) in [5.41, 5.74) is 6.69. The molecule has 23 heavy (non-hydrogen) atoms. The molecule has 4 rings (SSSR count). The molecule has 0 spiro atoms. The van der Waals surface area contributed by atoms with Crippen molar-refractivity contribution in [3.05, 3.63) is 72.1 Å². The van der Waals surface area contributed by atoms with Crippen LogP contribution in [0.5, 0.6) is 0 Å². The number of fused-ring (bicyclic) bond motifs is 1. The Morgan fingerprint density at radius 2 is 1.61 bits per heavy atom. The highest BCUT2D eigenvalue weighted by atomic mass is 35.5. The van der Waals surface area contributed by atoms with Crippen molar-refractivity contribution in [2.45, 2.75) is 13.8 Å². The minimum atomic E-state index is 0. The molecule has 0 saturated heterocycles. The zero-order valence-corrected chi connectivity index (χ0v) is 13.9. The number of H-pyrrole nitrogens is 1. The van der Waals surface area contributed by atoms with Crippen molar-refractivity contribution in [2.24, 2.45) is 0 Å². The molecule has 0 atom stereocenters.